The van der Waals surface area contributed by atoms with Gasteiger partial charge in [-0.25, -0.2) is 18.7 Å². The Labute approximate surface area is 239 Å². The predicted octanol–water partition coefficient (Wildman–Crippen LogP) is 2.24. The third kappa shape index (κ3) is 8.56. The molecule has 0 aromatic heterocycles. The second-order valence-corrected chi connectivity index (χ2v) is 16.1. The first kappa shape index (κ1) is 32.9. The molecule has 0 N–H and O–H groups in total. The zero-order chi connectivity index (χ0) is 28.5. The van der Waals surface area contributed by atoms with Crippen molar-refractivity contribution < 1.29 is 41.9 Å². The lowest BCUT2D eigenvalue weighted by atomic mass is 9.83. The molecule has 4 saturated heterocycles. The SMILES string of the molecule is COC[C@](C)(COP(=O)(N1CCOCC1)N1CCOCC1)C[C@@H](C)COP(=O)(N1CCOCC1)N1CCOCC1. The molecule has 4 heterocycles. The van der Waals surface area contributed by atoms with E-state index in [-0.39, 0.29) is 12.5 Å². The Morgan fingerprint density at radius 2 is 1.00 bits per heavy atom. The third-order valence-corrected chi connectivity index (χ3v) is 13.2. The summed E-state index contributed by atoms with van der Waals surface area (Å²) < 4.78 is 77.0. The second kappa shape index (κ2) is 15.7. The topological polar surface area (TPSA) is 112 Å². The summed E-state index contributed by atoms with van der Waals surface area (Å²) in [4.78, 5) is 0. The minimum atomic E-state index is -3.27. The van der Waals surface area contributed by atoms with Crippen molar-refractivity contribution in [3.8, 4) is 0 Å². The van der Waals surface area contributed by atoms with Gasteiger partial charge in [0.25, 0.3) is 0 Å². The van der Waals surface area contributed by atoms with Gasteiger partial charge in [-0.15, -0.1) is 0 Å². The summed E-state index contributed by atoms with van der Waals surface area (Å²) in [6.07, 6.45) is 0.694. The summed E-state index contributed by atoms with van der Waals surface area (Å²) in [6, 6.07) is 0. The number of rotatable bonds is 14. The van der Waals surface area contributed by atoms with E-state index in [2.05, 4.69) is 13.8 Å². The Kier molecular flexibility index (Phi) is 12.9. The lowest BCUT2D eigenvalue weighted by Crippen LogP contribution is -2.45. The van der Waals surface area contributed by atoms with E-state index >= 15 is 0 Å². The van der Waals surface area contributed by atoms with E-state index < -0.39 is 20.8 Å². The van der Waals surface area contributed by atoms with Crippen LogP contribution >= 0.6 is 15.3 Å². The van der Waals surface area contributed by atoms with Crippen LogP contribution in [0.4, 0.5) is 0 Å². The van der Waals surface area contributed by atoms with Crippen molar-refractivity contribution in [3.63, 3.8) is 0 Å². The van der Waals surface area contributed by atoms with Gasteiger partial charge in [0.05, 0.1) is 72.7 Å². The van der Waals surface area contributed by atoms with Crippen LogP contribution in [0, 0.1) is 11.3 Å². The number of morpholine rings is 4. The highest BCUT2D eigenvalue weighted by molar-refractivity contribution is 7.54. The zero-order valence-corrected chi connectivity index (χ0v) is 26.4. The Morgan fingerprint density at radius 3 is 1.35 bits per heavy atom. The van der Waals surface area contributed by atoms with Crippen molar-refractivity contribution in [1.82, 2.24) is 18.7 Å². The van der Waals surface area contributed by atoms with Gasteiger partial charge in [-0.05, 0) is 12.3 Å². The molecule has 13 nitrogen and oxygen atoms in total. The maximum atomic E-state index is 14.5. The van der Waals surface area contributed by atoms with Gasteiger partial charge in [0, 0.05) is 64.9 Å². The minimum Gasteiger partial charge on any atom is -0.384 e. The monoisotopic (exact) mass is 612 g/mol. The van der Waals surface area contributed by atoms with Gasteiger partial charge < -0.3 is 32.7 Å². The molecule has 0 aromatic carbocycles. The number of hydrogen-bond acceptors (Lipinski definition) is 9. The van der Waals surface area contributed by atoms with Gasteiger partial charge in [0.1, 0.15) is 0 Å². The first-order valence-corrected chi connectivity index (χ1v) is 17.7. The average Bonchev–Trinajstić information content (AvgIpc) is 3.00. The van der Waals surface area contributed by atoms with Crippen LogP contribution in [-0.4, -0.2) is 151 Å². The fraction of sp³-hybridized carbons (Fsp3) is 1.00. The number of methoxy groups -OCH3 is 1. The average molecular weight is 613 g/mol. The van der Waals surface area contributed by atoms with Crippen LogP contribution < -0.4 is 0 Å². The van der Waals surface area contributed by atoms with Crippen LogP contribution in [0.15, 0.2) is 0 Å². The third-order valence-electron chi connectivity index (χ3n) is 7.82. The van der Waals surface area contributed by atoms with Gasteiger partial charge in [-0.1, -0.05) is 13.8 Å². The summed E-state index contributed by atoms with van der Waals surface area (Å²) in [5.41, 5.74) is -0.423. The molecule has 4 rings (SSSR count). The van der Waals surface area contributed by atoms with Gasteiger partial charge >= 0.3 is 15.3 Å². The van der Waals surface area contributed by atoms with E-state index in [1.54, 1.807) is 7.11 Å². The fourth-order valence-corrected chi connectivity index (χ4v) is 10.8. The van der Waals surface area contributed by atoms with Crippen LogP contribution in [0.5, 0.6) is 0 Å². The number of nitrogens with zero attached hydrogens (tertiary/aromatic N) is 4. The van der Waals surface area contributed by atoms with E-state index in [9.17, 15) is 9.13 Å². The Bertz CT molecular complexity index is 806. The Morgan fingerprint density at radius 1 is 0.650 bits per heavy atom. The van der Waals surface area contributed by atoms with Crippen LogP contribution in [0.2, 0.25) is 0 Å². The van der Waals surface area contributed by atoms with Gasteiger partial charge in [0.15, 0.2) is 0 Å². The summed E-state index contributed by atoms with van der Waals surface area (Å²) in [6.45, 7) is 14.1. The van der Waals surface area contributed by atoms with Gasteiger partial charge in [-0.3, -0.25) is 9.13 Å². The smallest absolute Gasteiger partial charge is 0.346 e. The molecule has 0 saturated carbocycles. The van der Waals surface area contributed by atoms with Crippen molar-refractivity contribution >= 4 is 15.3 Å². The molecule has 15 heteroatoms. The van der Waals surface area contributed by atoms with Crippen molar-refractivity contribution in [1.29, 1.82) is 0 Å². The second-order valence-electron chi connectivity index (χ2n) is 11.4. The Hall–Kier alpha value is 0.0200. The molecule has 4 aliphatic heterocycles. The van der Waals surface area contributed by atoms with Crippen LogP contribution in [0.25, 0.3) is 0 Å². The van der Waals surface area contributed by atoms with Crippen LogP contribution in [0.3, 0.4) is 0 Å². The van der Waals surface area contributed by atoms with E-state index in [0.29, 0.717) is 125 Å². The van der Waals surface area contributed by atoms with Gasteiger partial charge in [-0.2, -0.15) is 0 Å². The first-order valence-electron chi connectivity index (χ1n) is 14.6. The fourth-order valence-electron chi connectivity index (χ4n) is 5.78. The highest BCUT2D eigenvalue weighted by Gasteiger charge is 2.44. The minimum absolute atomic E-state index is 0.0605. The van der Waals surface area contributed by atoms with Crippen LogP contribution in [0.1, 0.15) is 20.3 Å². The van der Waals surface area contributed by atoms with Crippen molar-refractivity contribution in [2.24, 2.45) is 11.3 Å². The highest BCUT2D eigenvalue weighted by Crippen LogP contribution is 2.57. The molecule has 0 amide bonds. The molecule has 0 aliphatic carbocycles. The molecule has 234 valence electrons. The molecule has 0 radical (unpaired) electrons. The molecule has 0 spiro atoms. The van der Waals surface area contributed by atoms with E-state index in [1.165, 1.54) is 0 Å². The molecular weight excluding hydrogens is 562 g/mol. The zero-order valence-electron chi connectivity index (χ0n) is 24.6. The summed E-state index contributed by atoms with van der Waals surface area (Å²) >= 11 is 0. The molecule has 2 atom stereocenters. The molecule has 0 unspecified atom stereocenters. The standard InChI is InChI=1S/C25H50N4O9P2/c1-24(21-37-39(30,26-4-12-33-13-5-26)27-6-14-34-15-7-27)20-25(2,22-32-3)23-38-40(31,28-8-16-35-17-9-28)29-10-18-36-19-11-29/h24H,4-23H2,1-3H3/t24-,25-/m1/s1. The Balaban J connectivity index is 1.41. The molecule has 4 aliphatic rings. The summed E-state index contributed by atoms with van der Waals surface area (Å²) in [7, 11) is -4.82. The van der Waals surface area contributed by atoms with E-state index in [0.717, 1.165) is 0 Å². The van der Waals surface area contributed by atoms with Crippen molar-refractivity contribution in [3.05, 3.63) is 0 Å². The molecule has 4 fully saturated rings. The van der Waals surface area contributed by atoms with Gasteiger partial charge in [0.2, 0.25) is 0 Å². The van der Waals surface area contributed by atoms with E-state index in [1.807, 2.05) is 18.7 Å². The summed E-state index contributed by atoms with van der Waals surface area (Å²) in [5, 5.41) is 0. The maximum Gasteiger partial charge on any atom is 0.346 e. The number of hydrogen-bond donors (Lipinski definition) is 0. The number of ether oxygens (including phenoxy) is 5. The molecule has 40 heavy (non-hydrogen) atoms. The van der Waals surface area contributed by atoms with Crippen molar-refractivity contribution in [2.45, 2.75) is 20.3 Å². The van der Waals surface area contributed by atoms with Crippen LogP contribution in [-0.2, 0) is 41.9 Å². The molecule has 0 aromatic rings. The highest BCUT2D eigenvalue weighted by atomic mass is 31.2. The summed E-state index contributed by atoms with van der Waals surface area (Å²) in [5.74, 6) is 0.0605. The normalized spacial score (nSPS) is 26.0. The van der Waals surface area contributed by atoms with E-state index in [4.69, 9.17) is 32.7 Å². The first-order chi connectivity index (χ1) is 19.3. The molecule has 0 bridgehead atoms. The predicted molar refractivity (Wildman–Crippen MR) is 150 cm³/mol. The largest absolute Gasteiger partial charge is 0.384 e. The maximum absolute atomic E-state index is 14.5. The quantitative estimate of drug-likeness (QED) is 0.268. The lowest BCUT2D eigenvalue weighted by molar-refractivity contribution is 0.00479. The lowest BCUT2D eigenvalue weighted by Gasteiger charge is -2.43. The van der Waals surface area contributed by atoms with Crippen molar-refractivity contribution in [2.75, 3.05) is 132 Å². The molecular formula is C25H50N4O9P2.